The lowest BCUT2D eigenvalue weighted by Gasteiger charge is -2.27. The van der Waals surface area contributed by atoms with Gasteiger partial charge in [0.05, 0.1) is 16.6 Å². The summed E-state index contributed by atoms with van der Waals surface area (Å²) in [4.78, 5) is 27.4. The van der Waals surface area contributed by atoms with Gasteiger partial charge in [0.2, 0.25) is 0 Å². The predicted molar refractivity (Wildman–Crippen MR) is 199 cm³/mol. The molecule has 254 valence electrons. The van der Waals surface area contributed by atoms with Gasteiger partial charge in [-0.2, -0.15) is 0 Å². The molecular formula is C40H48N2O5S. The van der Waals surface area contributed by atoms with Crippen LogP contribution in [0.1, 0.15) is 101 Å². The van der Waals surface area contributed by atoms with E-state index in [0.29, 0.717) is 34.4 Å². The number of hydrogen-bond acceptors (Lipinski definition) is 6. The van der Waals surface area contributed by atoms with E-state index in [1.807, 2.05) is 48.5 Å². The lowest BCUT2D eigenvalue weighted by molar-refractivity contribution is -0.131. The molecule has 0 atom stereocenters. The van der Waals surface area contributed by atoms with Crippen molar-refractivity contribution >= 4 is 51.4 Å². The average Bonchev–Trinajstić information content (AvgIpc) is 3.09. The molecular weight excluding hydrogens is 621 g/mol. The molecule has 0 radical (unpaired) electrons. The number of unbranched alkanes of at least 4 members (excludes halogenated alkanes) is 11. The summed E-state index contributed by atoms with van der Waals surface area (Å²) in [6.45, 7) is 4.04. The molecule has 0 spiro atoms. The number of hydrogen-bond donors (Lipinski definition) is 2. The summed E-state index contributed by atoms with van der Waals surface area (Å²) in [7, 11) is 0. The third-order valence-electron chi connectivity index (χ3n) is 8.27. The zero-order valence-corrected chi connectivity index (χ0v) is 29.0. The van der Waals surface area contributed by atoms with Gasteiger partial charge in [0.15, 0.2) is 0 Å². The molecule has 0 unspecified atom stereocenters. The van der Waals surface area contributed by atoms with Crippen LogP contribution in [0, 0.1) is 0 Å². The molecule has 0 fully saturated rings. The Morgan fingerprint density at radius 3 is 1.94 bits per heavy atom. The molecule has 1 amide bonds. The standard InChI is InChI=1S/C40H48N2O5S/c1-3-4-5-6-7-8-9-10-11-12-13-20-28-41-39(45)34-29-36(46-30(2)43)37-33(38(34)44)26-21-27-35(37)42(31-22-16-14-17-23-31)40(48)47-32-24-18-15-19-25-32/h14-19,21-27,29,44H,3-13,20,28H2,1-2H3,(H,41,45). The maximum atomic E-state index is 13.3. The van der Waals surface area contributed by atoms with Crippen molar-refractivity contribution in [3.05, 3.63) is 90.5 Å². The second-order valence-electron chi connectivity index (χ2n) is 12.1. The normalized spacial score (nSPS) is 10.9. The Hall–Kier alpha value is -4.43. The molecule has 0 aromatic heterocycles. The van der Waals surface area contributed by atoms with Crippen molar-refractivity contribution in [3.8, 4) is 17.2 Å². The van der Waals surface area contributed by atoms with Gasteiger partial charge in [-0.05, 0) is 55.0 Å². The van der Waals surface area contributed by atoms with E-state index in [4.69, 9.17) is 21.7 Å². The number of ether oxygens (including phenoxy) is 2. The van der Waals surface area contributed by atoms with E-state index in [1.54, 1.807) is 35.2 Å². The number of carbonyl (C=O) groups excluding carboxylic acids is 2. The zero-order valence-electron chi connectivity index (χ0n) is 28.2. The summed E-state index contributed by atoms with van der Waals surface area (Å²) in [6, 6.07) is 25.3. The summed E-state index contributed by atoms with van der Waals surface area (Å²) in [5.41, 5.74) is 1.24. The minimum atomic E-state index is -0.561. The first kappa shape index (κ1) is 36.4. The lowest BCUT2D eigenvalue weighted by atomic mass is 10.0. The molecule has 4 aromatic carbocycles. The molecule has 0 heterocycles. The number of benzene rings is 4. The largest absolute Gasteiger partial charge is 0.506 e. The fraction of sp³-hybridized carbons (Fsp3) is 0.375. The van der Waals surface area contributed by atoms with Gasteiger partial charge in [-0.25, -0.2) is 0 Å². The van der Waals surface area contributed by atoms with Gasteiger partial charge in [-0.15, -0.1) is 0 Å². The lowest BCUT2D eigenvalue weighted by Crippen LogP contribution is -2.29. The van der Waals surface area contributed by atoms with E-state index >= 15 is 0 Å². The number of carbonyl (C=O) groups is 2. The Labute approximate surface area is 290 Å². The minimum absolute atomic E-state index is 0.0317. The summed E-state index contributed by atoms with van der Waals surface area (Å²) in [6.07, 6.45) is 14.8. The highest BCUT2D eigenvalue weighted by Crippen LogP contribution is 2.44. The molecule has 4 aromatic rings. The van der Waals surface area contributed by atoms with Gasteiger partial charge in [-0.3, -0.25) is 14.5 Å². The van der Waals surface area contributed by atoms with Crippen LogP contribution >= 0.6 is 12.2 Å². The van der Waals surface area contributed by atoms with E-state index in [1.165, 1.54) is 70.8 Å². The van der Waals surface area contributed by atoms with Crippen LogP contribution in [0.3, 0.4) is 0 Å². The van der Waals surface area contributed by atoms with Crippen molar-refractivity contribution in [3.63, 3.8) is 0 Å². The third kappa shape index (κ3) is 10.5. The second kappa shape index (κ2) is 19.4. The number of amides is 1. The molecule has 48 heavy (non-hydrogen) atoms. The van der Waals surface area contributed by atoms with Crippen LogP contribution in [0.25, 0.3) is 10.8 Å². The number of nitrogens with zero attached hydrogens (tertiary/aromatic N) is 1. The number of phenols is 1. The van der Waals surface area contributed by atoms with Gasteiger partial charge < -0.3 is 19.9 Å². The number of phenolic OH excluding ortho intramolecular Hbond substituents is 1. The van der Waals surface area contributed by atoms with Crippen LogP contribution in [0.4, 0.5) is 11.4 Å². The molecule has 0 saturated heterocycles. The molecule has 4 rings (SSSR count). The van der Waals surface area contributed by atoms with Crippen molar-refractivity contribution in [2.45, 2.75) is 90.9 Å². The molecule has 0 bridgehead atoms. The third-order valence-corrected chi connectivity index (χ3v) is 8.54. The summed E-state index contributed by atoms with van der Waals surface area (Å²) in [5.74, 6) is -0.519. The number of aromatic hydroxyl groups is 1. The van der Waals surface area contributed by atoms with Gasteiger partial charge in [-0.1, -0.05) is 126 Å². The van der Waals surface area contributed by atoms with E-state index in [2.05, 4.69) is 12.2 Å². The van der Waals surface area contributed by atoms with E-state index in [9.17, 15) is 14.7 Å². The summed E-state index contributed by atoms with van der Waals surface area (Å²) >= 11 is 5.81. The first-order valence-corrected chi connectivity index (χ1v) is 17.7. The van der Waals surface area contributed by atoms with Crippen LogP contribution in [-0.2, 0) is 4.79 Å². The number of anilines is 2. The number of rotatable bonds is 18. The van der Waals surface area contributed by atoms with Gasteiger partial charge in [0.1, 0.15) is 17.2 Å². The van der Waals surface area contributed by atoms with Crippen molar-refractivity contribution in [1.82, 2.24) is 5.32 Å². The Morgan fingerprint density at radius 2 is 1.33 bits per heavy atom. The van der Waals surface area contributed by atoms with E-state index in [0.717, 1.165) is 19.3 Å². The van der Waals surface area contributed by atoms with Crippen molar-refractivity contribution in [2.24, 2.45) is 0 Å². The quantitative estimate of drug-likeness (QED) is 0.0472. The van der Waals surface area contributed by atoms with Gasteiger partial charge in [0.25, 0.3) is 11.1 Å². The number of fused-ring (bicyclic) bond motifs is 1. The van der Waals surface area contributed by atoms with Crippen molar-refractivity contribution in [2.75, 3.05) is 11.4 Å². The minimum Gasteiger partial charge on any atom is -0.506 e. The number of thiocarbonyl (C=S) groups is 1. The first-order valence-electron chi connectivity index (χ1n) is 17.3. The number of para-hydroxylation sites is 2. The maximum absolute atomic E-state index is 13.3. The fourth-order valence-electron chi connectivity index (χ4n) is 5.83. The van der Waals surface area contributed by atoms with Crippen LogP contribution in [-0.4, -0.2) is 28.7 Å². The topological polar surface area (TPSA) is 88.1 Å². The SMILES string of the molecule is CCCCCCCCCCCCCCNC(=O)c1cc(OC(C)=O)c2c(N(C(=S)Oc3ccccc3)c3ccccc3)cccc2c1O. The molecule has 0 aliphatic rings. The Bertz CT molecular complexity index is 1630. The van der Waals surface area contributed by atoms with Crippen molar-refractivity contribution in [1.29, 1.82) is 0 Å². The van der Waals surface area contributed by atoms with E-state index < -0.39 is 11.9 Å². The fourth-order valence-corrected chi connectivity index (χ4v) is 6.13. The Morgan fingerprint density at radius 1 is 0.750 bits per heavy atom. The van der Waals surface area contributed by atoms with Crippen LogP contribution in [0.2, 0.25) is 0 Å². The molecule has 8 heteroatoms. The predicted octanol–water partition coefficient (Wildman–Crippen LogP) is 10.4. The summed E-state index contributed by atoms with van der Waals surface area (Å²) < 4.78 is 11.8. The monoisotopic (exact) mass is 668 g/mol. The Balaban J connectivity index is 1.49. The molecule has 7 nitrogen and oxygen atoms in total. The maximum Gasteiger partial charge on any atom is 0.308 e. The number of nitrogens with one attached hydrogen (secondary N) is 1. The second-order valence-corrected chi connectivity index (χ2v) is 12.4. The summed E-state index contributed by atoms with van der Waals surface area (Å²) in [5, 5.41) is 15.3. The van der Waals surface area contributed by atoms with Gasteiger partial charge >= 0.3 is 5.97 Å². The highest BCUT2D eigenvalue weighted by molar-refractivity contribution is 7.80. The molecule has 0 aliphatic carbocycles. The van der Waals surface area contributed by atoms with Crippen LogP contribution in [0.5, 0.6) is 17.2 Å². The van der Waals surface area contributed by atoms with Gasteiger partial charge in [0, 0.05) is 24.5 Å². The van der Waals surface area contributed by atoms with Crippen molar-refractivity contribution < 1.29 is 24.2 Å². The smallest absolute Gasteiger partial charge is 0.308 e. The van der Waals surface area contributed by atoms with E-state index in [-0.39, 0.29) is 22.2 Å². The zero-order chi connectivity index (χ0) is 34.1. The average molecular weight is 669 g/mol. The van der Waals surface area contributed by atoms with Crippen LogP contribution in [0.15, 0.2) is 84.9 Å². The molecule has 0 aliphatic heterocycles. The highest BCUT2D eigenvalue weighted by Gasteiger charge is 2.26. The Kier molecular flexibility index (Phi) is 14.7. The van der Waals surface area contributed by atoms with Crippen LogP contribution < -0.4 is 19.7 Å². The number of esters is 1. The first-order chi connectivity index (χ1) is 23.4. The molecule has 0 saturated carbocycles. The highest BCUT2D eigenvalue weighted by atomic mass is 32.1. The molecule has 2 N–H and O–H groups in total.